The molecule has 3 fully saturated rings. The van der Waals surface area contributed by atoms with Crippen molar-refractivity contribution >= 4 is 11.8 Å². The molecule has 0 amide bonds. The number of fused-ring (bicyclic) bond motifs is 5. The van der Waals surface area contributed by atoms with Crippen LogP contribution in [0.25, 0.3) is 0 Å². The minimum Gasteiger partial charge on any atom is -0.469 e. The highest BCUT2D eigenvalue weighted by Crippen LogP contribution is 2.67. The number of carbonyl (C=O) groups is 2. The van der Waals surface area contributed by atoms with Gasteiger partial charge >= 0.3 is 5.97 Å². The molecule has 5 nitrogen and oxygen atoms in total. The first-order valence-electron chi connectivity index (χ1n) is 10.4. The number of aliphatic hydroxyl groups is 2. The molecule has 0 spiro atoms. The van der Waals surface area contributed by atoms with Crippen molar-refractivity contribution in [2.24, 2.45) is 34.5 Å². The normalized spacial score (nSPS) is 48.9. The number of rotatable bonds is 2. The first kappa shape index (κ1) is 19.1. The lowest BCUT2D eigenvalue weighted by atomic mass is 9.45. The highest BCUT2D eigenvalue weighted by Gasteiger charge is 2.63. The topological polar surface area (TPSA) is 83.8 Å². The Morgan fingerprint density at radius 3 is 2.63 bits per heavy atom. The summed E-state index contributed by atoms with van der Waals surface area (Å²) in [6.45, 7) is 4.39. The van der Waals surface area contributed by atoms with E-state index in [-0.39, 0.29) is 35.4 Å². The summed E-state index contributed by atoms with van der Waals surface area (Å²) in [6.07, 6.45) is 5.59. The van der Waals surface area contributed by atoms with Crippen molar-refractivity contribution in [3.63, 3.8) is 0 Å². The highest BCUT2D eigenvalue weighted by molar-refractivity contribution is 5.92. The quantitative estimate of drug-likeness (QED) is 0.724. The predicted octanol–water partition coefficient (Wildman–Crippen LogP) is 2.64. The Hall–Kier alpha value is -1.20. The van der Waals surface area contributed by atoms with E-state index in [1.165, 1.54) is 7.11 Å². The van der Waals surface area contributed by atoms with Gasteiger partial charge in [-0.15, -0.1) is 0 Å². The van der Waals surface area contributed by atoms with Crippen LogP contribution in [0, 0.1) is 34.5 Å². The average molecular weight is 376 g/mol. The van der Waals surface area contributed by atoms with Crippen LogP contribution < -0.4 is 0 Å². The molecule has 5 heteroatoms. The molecule has 4 aliphatic carbocycles. The maximum Gasteiger partial charge on any atom is 0.305 e. The van der Waals surface area contributed by atoms with E-state index in [1.54, 1.807) is 6.08 Å². The molecule has 0 radical (unpaired) electrons. The summed E-state index contributed by atoms with van der Waals surface area (Å²) in [6, 6.07) is 0. The van der Waals surface area contributed by atoms with E-state index in [2.05, 4.69) is 13.8 Å². The molecule has 0 heterocycles. The lowest BCUT2D eigenvalue weighted by Gasteiger charge is -2.60. The smallest absolute Gasteiger partial charge is 0.305 e. The summed E-state index contributed by atoms with van der Waals surface area (Å²) in [5.74, 6) is 0.781. The van der Waals surface area contributed by atoms with Crippen molar-refractivity contribution in [3.05, 3.63) is 11.6 Å². The summed E-state index contributed by atoms with van der Waals surface area (Å²) < 4.78 is 4.91. The van der Waals surface area contributed by atoms with E-state index in [1.807, 2.05) is 0 Å². The Kier molecular flexibility index (Phi) is 4.54. The van der Waals surface area contributed by atoms with Crippen LogP contribution in [0.2, 0.25) is 0 Å². The first-order valence-corrected chi connectivity index (χ1v) is 10.4. The van der Waals surface area contributed by atoms with Crippen LogP contribution in [-0.4, -0.2) is 41.3 Å². The third-order valence-electron chi connectivity index (χ3n) is 8.93. The van der Waals surface area contributed by atoms with E-state index in [9.17, 15) is 19.8 Å². The standard InChI is InChI=1S/C22H32O5/c1-21-7-6-16-20(15(21)5-4-12(21)10-19(26)27-3)17(24)9-13-8-14(23)11-18(25)22(13,16)2/h8,12,15-18,20,24-25H,4-7,9-11H2,1-3H3/t12-,15+,16+,17-,18+,20?,21-,22+/m1/s1. The number of hydrogen-bond acceptors (Lipinski definition) is 5. The van der Waals surface area contributed by atoms with Gasteiger partial charge in [0.2, 0.25) is 0 Å². The molecule has 0 aromatic carbocycles. The zero-order valence-electron chi connectivity index (χ0n) is 16.6. The zero-order chi connectivity index (χ0) is 19.6. The highest BCUT2D eigenvalue weighted by atomic mass is 16.5. The molecule has 4 rings (SSSR count). The Bertz CT molecular complexity index is 684. The molecule has 0 aromatic heterocycles. The molecular weight excluding hydrogens is 344 g/mol. The van der Waals surface area contributed by atoms with Gasteiger partial charge in [-0.1, -0.05) is 19.4 Å². The number of carbonyl (C=O) groups excluding carboxylic acids is 2. The van der Waals surface area contributed by atoms with Crippen molar-refractivity contribution in [3.8, 4) is 0 Å². The lowest BCUT2D eigenvalue weighted by molar-refractivity contribution is -0.150. The minimum absolute atomic E-state index is 0.0275. The van der Waals surface area contributed by atoms with Gasteiger partial charge in [-0.05, 0) is 67.3 Å². The summed E-state index contributed by atoms with van der Waals surface area (Å²) in [4.78, 5) is 23.9. The van der Waals surface area contributed by atoms with Crippen molar-refractivity contribution in [2.75, 3.05) is 7.11 Å². The molecule has 8 atom stereocenters. The fourth-order valence-electron chi connectivity index (χ4n) is 7.31. The van der Waals surface area contributed by atoms with Gasteiger partial charge in [0.15, 0.2) is 5.78 Å². The van der Waals surface area contributed by atoms with E-state index in [4.69, 9.17) is 4.74 Å². The fraction of sp³-hybridized carbons (Fsp3) is 0.818. The van der Waals surface area contributed by atoms with Gasteiger partial charge in [0.25, 0.3) is 0 Å². The second kappa shape index (κ2) is 6.41. The van der Waals surface area contributed by atoms with Crippen LogP contribution >= 0.6 is 0 Å². The molecule has 2 N–H and O–H groups in total. The van der Waals surface area contributed by atoms with Crippen molar-refractivity contribution in [1.29, 1.82) is 0 Å². The Morgan fingerprint density at radius 2 is 1.93 bits per heavy atom. The van der Waals surface area contributed by atoms with E-state index in [0.29, 0.717) is 24.7 Å². The zero-order valence-corrected chi connectivity index (χ0v) is 16.6. The van der Waals surface area contributed by atoms with Crippen LogP contribution in [0.15, 0.2) is 11.6 Å². The molecule has 4 aliphatic rings. The monoisotopic (exact) mass is 376 g/mol. The van der Waals surface area contributed by atoms with E-state index >= 15 is 0 Å². The average Bonchev–Trinajstić information content (AvgIpc) is 2.94. The van der Waals surface area contributed by atoms with Crippen LogP contribution in [0.1, 0.15) is 58.8 Å². The van der Waals surface area contributed by atoms with Gasteiger partial charge in [-0.2, -0.15) is 0 Å². The number of esters is 1. The molecule has 3 saturated carbocycles. The van der Waals surface area contributed by atoms with Gasteiger partial charge in [0.1, 0.15) is 0 Å². The Morgan fingerprint density at radius 1 is 1.19 bits per heavy atom. The summed E-state index contributed by atoms with van der Waals surface area (Å²) >= 11 is 0. The number of ether oxygens (including phenoxy) is 1. The summed E-state index contributed by atoms with van der Waals surface area (Å²) in [5.41, 5.74) is 0.552. The van der Waals surface area contributed by atoms with Gasteiger partial charge < -0.3 is 14.9 Å². The fourth-order valence-corrected chi connectivity index (χ4v) is 7.31. The lowest BCUT2D eigenvalue weighted by Crippen LogP contribution is -2.59. The van der Waals surface area contributed by atoms with E-state index < -0.39 is 17.6 Å². The second-order valence-electron chi connectivity index (χ2n) is 9.80. The van der Waals surface area contributed by atoms with Gasteiger partial charge in [-0.25, -0.2) is 0 Å². The van der Waals surface area contributed by atoms with Crippen LogP contribution in [0.5, 0.6) is 0 Å². The number of aliphatic hydroxyl groups excluding tert-OH is 2. The molecule has 0 bridgehead atoms. The molecule has 0 aliphatic heterocycles. The third kappa shape index (κ3) is 2.65. The van der Waals surface area contributed by atoms with Crippen LogP contribution in [-0.2, 0) is 14.3 Å². The summed E-state index contributed by atoms with van der Waals surface area (Å²) in [5, 5.41) is 21.9. The van der Waals surface area contributed by atoms with Gasteiger partial charge in [-0.3, -0.25) is 9.59 Å². The van der Waals surface area contributed by atoms with Crippen molar-refractivity contribution in [1.82, 2.24) is 0 Å². The van der Waals surface area contributed by atoms with Crippen LogP contribution in [0.3, 0.4) is 0 Å². The maximum atomic E-state index is 12.0. The van der Waals surface area contributed by atoms with Crippen LogP contribution in [0.4, 0.5) is 0 Å². The maximum absolute atomic E-state index is 12.0. The second-order valence-corrected chi connectivity index (χ2v) is 9.80. The molecule has 150 valence electrons. The molecule has 0 aromatic rings. The first-order chi connectivity index (χ1) is 12.7. The Balaban J connectivity index is 1.67. The molecule has 27 heavy (non-hydrogen) atoms. The minimum atomic E-state index is -0.665. The summed E-state index contributed by atoms with van der Waals surface area (Å²) in [7, 11) is 1.44. The molecular formula is C22H32O5. The van der Waals surface area contributed by atoms with Gasteiger partial charge in [0, 0.05) is 18.3 Å². The SMILES string of the molecule is COC(=O)C[C@H]1CC[C@H]2C3[C@H](O)CC4=CC(=O)C[C@H](O)[C@]4(C)[C@H]3CC[C@]12C. The molecule has 1 unspecified atom stereocenters. The predicted molar refractivity (Wildman–Crippen MR) is 99.6 cm³/mol. The van der Waals surface area contributed by atoms with Gasteiger partial charge in [0.05, 0.1) is 19.3 Å². The third-order valence-corrected chi connectivity index (χ3v) is 8.93. The largest absolute Gasteiger partial charge is 0.469 e. The number of methoxy groups -OCH3 is 1. The van der Waals surface area contributed by atoms with Crippen molar-refractivity contribution in [2.45, 2.75) is 71.0 Å². The van der Waals surface area contributed by atoms with Crippen molar-refractivity contribution < 1.29 is 24.5 Å². The number of hydrogen-bond donors (Lipinski definition) is 2. The number of ketones is 1. The Labute approximate surface area is 161 Å². The molecule has 0 saturated heterocycles. The van der Waals surface area contributed by atoms with E-state index in [0.717, 1.165) is 31.3 Å².